The Labute approximate surface area is 138 Å². The molecule has 2 rings (SSSR count). The fourth-order valence-electron chi connectivity index (χ4n) is 2.39. The minimum absolute atomic E-state index is 0.0299. The van der Waals surface area contributed by atoms with Crippen LogP contribution in [0.25, 0.3) is 0 Å². The maximum Gasteiger partial charge on any atom is 0.253 e. The zero-order valence-electron chi connectivity index (χ0n) is 13.1. The summed E-state index contributed by atoms with van der Waals surface area (Å²) < 4.78 is 14.2. The van der Waals surface area contributed by atoms with E-state index in [1.165, 1.54) is 18.3 Å². The monoisotopic (exact) mass is 336 g/mol. The fraction of sp³-hybridized carbons (Fsp3) is 0.294. The van der Waals surface area contributed by atoms with E-state index >= 15 is 0 Å². The van der Waals surface area contributed by atoms with Crippen molar-refractivity contribution in [2.45, 2.75) is 26.8 Å². The van der Waals surface area contributed by atoms with E-state index in [-0.39, 0.29) is 17.4 Å². The number of aromatic amines is 1. The third kappa shape index (κ3) is 3.99. The topological polar surface area (TPSA) is 62.0 Å². The number of carbonyl (C=O) groups excluding carboxylic acids is 1. The number of halogens is 2. The van der Waals surface area contributed by atoms with Crippen molar-refractivity contribution < 1.29 is 9.18 Å². The van der Waals surface area contributed by atoms with Gasteiger partial charge >= 0.3 is 0 Å². The quantitative estimate of drug-likeness (QED) is 0.896. The van der Waals surface area contributed by atoms with Crippen molar-refractivity contribution in [2.75, 3.05) is 0 Å². The smallest absolute Gasteiger partial charge is 0.253 e. The number of amides is 1. The number of pyridine rings is 1. The van der Waals surface area contributed by atoms with Gasteiger partial charge in [-0.3, -0.25) is 9.59 Å². The number of carbonyl (C=O) groups is 1. The molecule has 4 nitrogen and oxygen atoms in total. The Morgan fingerprint density at radius 1 is 1.30 bits per heavy atom. The highest BCUT2D eigenvalue weighted by Crippen LogP contribution is 2.26. The molecule has 0 aliphatic rings. The van der Waals surface area contributed by atoms with Crippen LogP contribution >= 0.6 is 11.6 Å². The summed E-state index contributed by atoms with van der Waals surface area (Å²) in [6, 6.07) is 5.23. The van der Waals surface area contributed by atoms with Crippen LogP contribution in [0, 0.1) is 18.7 Å². The summed E-state index contributed by atoms with van der Waals surface area (Å²) in [5.74, 6) is -0.862. The maximum atomic E-state index is 14.2. The van der Waals surface area contributed by atoms with Gasteiger partial charge in [-0.1, -0.05) is 31.5 Å². The molecule has 1 aromatic heterocycles. The number of H-pyrrole nitrogens is 1. The largest absolute Gasteiger partial charge is 0.345 e. The van der Waals surface area contributed by atoms with Crippen molar-refractivity contribution in [3.8, 4) is 0 Å². The lowest BCUT2D eigenvalue weighted by atomic mass is 9.95. The van der Waals surface area contributed by atoms with Crippen LogP contribution < -0.4 is 10.9 Å². The summed E-state index contributed by atoms with van der Waals surface area (Å²) in [5.41, 5.74) is 1.01. The number of hydrogen-bond donors (Lipinski definition) is 2. The molecular weight excluding hydrogens is 319 g/mol. The van der Waals surface area contributed by atoms with Gasteiger partial charge in [-0.05, 0) is 30.5 Å². The average Bonchev–Trinajstić information content (AvgIpc) is 2.45. The molecular formula is C17H18ClFN2O2. The zero-order chi connectivity index (χ0) is 17.1. The van der Waals surface area contributed by atoms with Crippen molar-refractivity contribution in [1.82, 2.24) is 10.3 Å². The zero-order valence-corrected chi connectivity index (χ0v) is 13.9. The molecule has 0 spiro atoms. The number of rotatable bonds is 4. The van der Waals surface area contributed by atoms with Gasteiger partial charge in [-0.25, -0.2) is 4.39 Å². The highest BCUT2D eigenvalue weighted by Gasteiger charge is 2.23. The Bertz CT molecular complexity index is 786. The molecule has 23 heavy (non-hydrogen) atoms. The van der Waals surface area contributed by atoms with Gasteiger partial charge < -0.3 is 10.3 Å². The molecule has 0 saturated carbocycles. The third-order valence-electron chi connectivity index (χ3n) is 3.63. The lowest BCUT2D eigenvalue weighted by Gasteiger charge is -2.24. The lowest BCUT2D eigenvalue weighted by Crippen LogP contribution is -2.33. The average molecular weight is 337 g/mol. The molecule has 2 aromatic rings. The minimum Gasteiger partial charge on any atom is -0.345 e. The van der Waals surface area contributed by atoms with Crippen LogP contribution in [0.3, 0.4) is 0 Å². The fourth-order valence-corrected chi connectivity index (χ4v) is 2.55. The molecule has 0 aliphatic carbocycles. The summed E-state index contributed by atoms with van der Waals surface area (Å²) in [4.78, 5) is 26.2. The first-order valence-electron chi connectivity index (χ1n) is 7.24. The van der Waals surface area contributed by atoms with Gasteiger partial charge in [-0.15, -0.1) is 0 Å². The van der Waals surface area contributed by atoms with E-state index in [2.05, 4.69) is 10.3 Å². The molecule has 0 saturated heterocycles. The Balaban J connectivity index is 2.32. The van der Waals surface area contributed by atoms with Crippen LogP contribution in [0.4, 0.5) is 4.39 Å². The number of benzene rings is 1. The first-order chi connectivity index (χ1) is 10.8. The van der Waals surface area contributed by atoms with Crippen molar-refractivity contribution in [3.63, 3.8) is 0 Å². The number of aryl methyl sites for hydroxylation is 1. The molecule has 1 aromatic carbocycles. The summed E-state index contributed by atoms with van der Waals surface area (Å²) in [5, 5.41) is 3.13. The van der Waals surface area contributed by atoms with Gasteiger partial charge in [0.25, 0.3) is 5.91 Å². The Hall–Kier alpha value is -2.14. The molecule has 1 atom stereocenters. The molecule has 0 unspecified atom stereocenters. The highest BCUT2D eigenvalue weighted by atomic mass is 35.5. The Morgan fingerprint density at radius 3 is 2.57 bits per heavy atom. The van der Waals surface area contributed by atoms with Crippen LogP contribution in [0.1, 0.15) is 41.4 Å². The number of aromatic nitrogens is 1. The molecule has 0 aliphatic heterocycles. The van der Waals surface area contributed by atoms with Crippen molar-refractivity contribution >= 4 is 17.5 Å². The van der Waals surface area contributed by atoms with E-state index in [4.69, 9.17) is 11.6 Å². The molecule has 1 amide bonds. The van der Waals surface area contributed by atoms with Crippen LogP contribution in [-0.4, -0.2) is 10.9 Å². The van der Waals surface area contributed by atoms with Gasteiger partial charge in [-0.2, -0.15) is 0 Å². The maximum absolute atomic E-state index is 14.2. The first-order valence-corrected chi connectivity index (χ1v) is 7.62. The third-order valence-corrected chi connectivity index (χ3v) is 3.86. The second-order valence-electron chi connectivity index (χ2n) is 5.75. The molecule has 0 radical (unpaired) electrons. The summed E-state index contributed by atoms with van der Waals surface area (Å²) in [6.45, 7) is 5.45. The number of nitrogens with one attached hydrogen (secondary N) is 2. The predicted molar refractivity (Wildman–Crippen MR) is 88.3 cm³/mol. The first kappa shape index (κ1) is 17.2. The van der Waals surface area contributed by atoms with Crippen LogP contribution in [0.2, 0.25) is 5.02 Å². The van der Waals surface area contributed by atoms with Gasteiger partial charge in [0, 0.05) is 22.8 Å². The van der Waals surface area contributed by atoms with Crippen LogP contribution in [-0.2, 0) is 0 Å². The van der Waals surface area contributed by atoms with Crippen molar-refractivity contribution in [2.24, 2.45) is 5.92 Å². The molecule has 1 heterocycles. The van der Waals surface area contributed by atoms with E-state index in [9.17, 15) is 14.0 Å². The molecule has 122 valence electrons. The van der Waals surface area contributed by atoms with Crippen LogP contribution in [0.15, 0.2) is 35.3 Å². The van der Waals surface area contributed by atoms with E-state index in [1.54, 1.807) is 19.1 Å². The Morgan fingerprint density at radius 2 is 2.00 bits per heavy atom. The Kier molecular flexibility index (Phi) is 5.21. The van der Waals surface area contributed by atoms with E-state index < -0.39 is 11.9 Å². The summed E-state index contributed by atoms with van der Waals surface area (Å²) >= 11 is 5.78. The van der Waals surface area contributed by atoms with Gasteiger partial charge in [0.15, 0.2) is 0 Å². The van der Waals surface area contributed by atoms with E-state index in [0.29, 0.717) is 21.7 Å². The van der Waals surface area contributed by atoms with Gasteiger partial charge in [0.1, 0.15) is 5.82 Å². The highest BCUT2D eigenvalue weighted by molar-refractivity contribution is 6.30. The summed E-state index contributed by atoms with van der Waals surface area (Å²) in [6.07, 6.45) is 1.36. The van der Waals surface area contributed by atoms with E-state index in [0.717, 1.165) is 0 Å². The minimum atomic E-state index is -0.508. The molecule has 0 bridgehead atoms. The number of hydrogen-bond acceptors (Lipinski definition) is 2. The van der Waals surface area contributed by atoms with Crippen molar-refractivity contribution in [1.29, 1.82) is 0 Å². The predicted octanol–water partition coefficient (Wildman–Crippen LogP) is 3.60. The van der Waals surface area contributed by atoms with Gasteiger partial charge in [0.2, 0.25) is 5.56 Å². The molecule has 6 heteroatoms. The summed E-state index contributed by atoms with van der Waals surface area (Å²) in [7, 11) is 0. The lowest BCUT2D eigenvalue weighted by molar-refractivity contribution is 0.0923. The standard InChI is InChI=1S/C17H18ClFN2O2/c1-9(2)16(12-5-4-11(18)7-14(12)19)21-17(23)13-8-20-15(22)6-10(13)3/h4-9,16H,1-3H3,(H,20,22)(H,21,23)/t16-/m0/s1. The van der Waals surface area contributed by atoms with Gasteiger partial charge in [0.05, 0.1) is 11.6 Å². The second-order valence-corrected chi connectivity index (χ2v) is 6.19. The van der Waals surface area contributed by atoms with Crippen molar-refractivity contribution in [3.05, 3.63) is 68.3 Å². The van der Waals surface area contributed by atoms with E-state index in [1.807, 2.05) is 13.8 Å². The molecule has 0 fully saturated rings. The second kappa shape index (κ2) is 6.96. The molecule has 2 N–H and O–H groups in total. The van der Waals surface area contributed by atoms with Crippen LogP contribution in [0.5, 0.6) is 0 Å². The SMILES string of the molecule is Cc1cc(=O)[nH]cc1C(=O)N[C@H](c1ccc(Cl)cc1F)C(C)C. The normalized spacial score (nSPS) is 12.3.